The maximum Gasteiger partial charge on any atom is 0.204 e. The van der Waals surface area contributed by atoms with Crippen molar-refractivity contribution < 1.29 is 24.5 Å². The molecule has 0 saturated heterocycles. The Labute approximate surface area is 136 Å². The lowest BCUT2D eigenvalue weighted by atomic mass is 9.96. The first-order valence-corrected chi connectivity index (χ1v) is 7.59. The van der Waals surface area contributed by atoms with Crippen LogP contribution in [0.5, 0.6) is 17.2 Å². The van der Waals surface area contributed by atoms with E-state index >= 15 is 0 Å². The second kappa shape index (κ2) is 4.64. The van der Waals surface area contributed by atoms with Crippen LogP contribution in [0.25, 0.3) is 21.9 Å². The van der Waals surface area contributed by atoms with Gasteiger partial charge in [-0.3, -0.25) is 4.79 Å². The molecule has 1 aliphatic heterocycles. The zero-order valence-electron chi connectivity index (χ0n) is 13.2. The van der Waals surface area contributed by atoms with Crippen molar-refractivity contribution in [1.82, 2.24) is 0 Å². The van der Waals surface area contributed by atoms with Crippen LogP contribution in [0, 0.1) is 0 Å². The summed E-state index contributed by atoms with van der Waals surface area (Å²) in [6, 6.07) is 5.79. The number of aromatic hydroxyl groups is 2. The van der Waals surface area contributed by atoms with Gasteiger partial charge in [-0.15, -0.1) is 0 Å². The Kier molecular flexibility index (Phi) is 2.87. The van der Waals surface area contributed by atoms with Crippen LogP contribution in [-0.2, 0) is 6.42 Å². The predicted octanol–water partition coefficient (Wildman–Crippen LogP) is 2.43. The van der Waals surface area contributed by atoms with Crippen LogP contribution in [0.15, 0.2) is 33.5 Å². The molecule has 0 saturated carbocycles. The van der Waals surface area contributed by atoms with Crippen molar-refractivity contribution in [3.63, 3.8) is 0 Å². The third kappa shape index (κ3) is 2.03. The smallest absolute Gasteiger partial charge is 0.204 e. The molecule has 2 aromatic carbocycles. The SMILES string of the molecule is CC(C)(O)C1Cc2c(cc3oc4ccc(O)cc4c(=O)c3c2O)O1. The third-order valence-corrected chi connectivity index (χ3v) is 4.43. The van der Waals surface area contributed by atoms with Gasteiger partial charge in [-0.1, -0.05) is 0 Å². The highest BCUT2D eigenvalue weighted by Crippen LogP contribution is 2.42. The molecular formula is C18H16O6. The molecule has 1 atom stereocenters. The molecule has 3 aromatic rings. The number of aliphatic hydroxyl groups is 1. The average molecular weight is 328 g/mol. The minimum atomic E-state index is -1.09. The first kappa shape index (κ1) is 14.8. The minimum absolute atomic E-state index is 0.0480. The molecule has 1 aromatic heterocycles. The largest absolute Gasteiger partial charge is 0.508 e. The van der Waals surface area contributed by atoms with Crippen LogP contribution < -0.4 is 10.2 Å². The van der Waals surface area contributed by atoms with Gasteiger partial charge in [-0.2, -0.15) is 0 Å². The number of phenols is 2. The molecule has 4 rings (SSSR count). The van der Waals surface area contributed by atoms with Crippen LogP contribution in [-0.4, -0.2) is 27.0 Å². The lowest BCUT2D eigenvalue weighted by Crippen LogP contribution is -2.39. The fourth-order valence-corrected chi connectivity index (χ4v) is 3.08. The van der Waals surface area contributed by atoms with E-state index < -0.39 is 17.1 Å². The summed E-state index contributed by atoms with van der Waals surface area (Å²) in [5, 5.41) is 30.5. The molecule has 1 aliphatic rings. The van der Waals surface area contributed by atoms with Crippen LogP contribution in [0.2, 0.25) is 0 Å². The van der Waals surface area contributed by atoms with Gasteiger partial charge in [0.05, 0.1) is 11.0 Å². The second-order valence-electron chi connectivity index (χ2n) is 6.65. The van der Waals surface area contributed by atoms with Gasteiger partial charge in [0.1, 0.15) is 39.9 Å². The fraction of sp³-hybridized carbons (Fsp3) is 0.278. The van der Waals surface area contributed by atoms with Crippen LogP contribution in [0.4, 0.5) is 0 Å². The zero-order valence-corrected chi connectivity index (χ0v) is 13.2. The molecule has 0 fully saturated rings. The van der Waals surface area contributed by atoms with Crippen LogP contribution in [0.3, 0.4) is 0 Å². The van der Waals surface area contributed by atoms with Crippen molar-refractivity contribution >= 4 is 21.9 Å². The van der Waals surface area contributed by atoms with E-state index in [4.69, 9.17) is 9.15 Å². The molecule has 0 aliphatic carbocycles. The van der Waals surface area contributed by atoms with Gasteiger partial charge in [-0.25, -0.2) is 0 Å². The first-order chi connectivity index (χ1) is 11.3. The van der Waals surface area contributed by atoms with E-state index in [1.54, 1.807) is 19.9 Å². The number of benzene rings is 2. The van der Waals surface area contributed by atoms with Crippen LogP contribution >= 0.6 is 0 Å². The van der Waals surface area contributed by atoms with E-state index in [1.807, 2.05) is 0 Å². The van der Waals surface area contributed by atoms with E-state index in [9.17, 15) is 20.1 Å². The Morgan fingerprint density at radius 2 is 1.92 bits per heavy atom. The summed E-state index contributed by atoms with van der Waals surface area (Å²) in [6.07, 6.45) is -0.234. The van der Waals surface area contributed by atoms with Crippen LogP contribution in [0.1, 0.15) is 19.4 Å². The number of ether oxygens (including phenoxy) is 1. The van der Waals surface area contributed by atoms with E-state index in [0.29, 0.717) is 16.9 Å². The van der Waals surface area contributed by atoms with Crippen molar-refractivity contribution in [1.29, 1.82) is 0 Å². The summed E-state index contributed by atoms with van der Waals surface area (Å²) >= 11 is 0. The molecule has 24 heavy (non-hydrogen) atoms. The average Bonchev–Trinajstić information content (AvgIpc) is 2.93. The molecule has 2 heterocycles. The molecule has 6 heteroatoms. The van der Waals surface area contributed by atoms with Crippen molar-refractivity contribution in [3.05, 3.63) is 40.1 Å². The highest BCUT2D eigenvalue weighted by atomic mass is 16.5. The van der Waals surface area contributed by atoms with Gasteiger partial charge in [-0.05, 0) is 32.0 Å². The topological polar surface area (TPSA) is 100 Å². The Balaban J connectivity index is 2.02. The third-order valence-electron chi connectivity index (χ3n) is 4.43. The Hall–Kier alpha value is -2.73. The number of phenolic OH excluding ortho intramolecular Hbond substituents is 2. The van der Waals surface area contributed by atoms with Gasteiger partial charge >= 0.3 is 0 Å². The van der Waals surface area contributed by atoms with Gasteiger partial charge in [0.2, 0.25) is 5.43 Å². The van der Waals surface area contributed by atoms with E-state index in [-0.39, 0.29) is 34.3 Å². The van der Waals surface area contributed by atoms with Crippen molar-refractivity contribution in [2.45, 2.75) is 32.0 Å². The Morgan fingerprint density at radius 3 is 2.62 bits per heavy atom. The standard InChI is InChI=1S/C18H16O6/c1-18(2,22)14-6-10-12(24-14)7-13-15(17(10)21)16(20)9-5-8(19)3-4-11(9)23-13/h3-5,7,14,19,21-22H,6H2,1-2H3. The van der Waals surface area contributed by atoms with Crippen molar-refractivity contribution in [2.75, 3.05) is 0 Å². The van der Waals surface area contributed by atoms with Gasteiger partial charge < -0.3 is 24.5 Å². The number of hydrogen-bond donors (Lipinski definition) is 3. The number of fused-ring (bicyclic) bond motifs is 3. The molecule has 3 N–H and O–H groups in total. The second-order valence-corrected chi connectivity index (χ2v) is 6.65. The predicted molar refractivity (Wildman–Crippen MR) is 87.7 cm³/mol. The Morgan fingerprint density at radius 1 is 1.17 bits per heavy atom. The fourth-order valence-electron chi connectivity index (χ4n) is 3.08. The molecule has 124 valence electrons. The quantitative estimate of drug-likeness (QED) is 0.593. The van der Waals surface area contributed by atoms with Crippen molar-refractivity contribution in [3.8, 4) is 17.2 Å². The minimum Gasteiger partial charge on any atom is -0.508 e. The zero-order chi connectivity index (χ0) is 17.2. The summed E-state index contributed by atoms with van der Waals surface area (Å²) in [7, 11) is 0. The summed E-state index contributed by atoms with van der Waals surface area (Å²) in [5.41, 5.74) is -0.533. The van der Waals surface area contributed by atoms with E-state index in [1.165, 1.54) is 18.2 Å². The molecule has 6 nitrogen and oxygen atoms in total. The summed E-state index contributed by atoms with van der Waals surface area (Å²) < 4.78 is 11.4. The lowest BCUT2D eigenvalue weighted by molar-refractivity contribution is -0.0229. The monoisotopic (exact) mass is 328 g/mol. The summed E-state index contributed by atoms with van der Waals surface area (Å²) in [5.74, 6) is 0.141. The van der Waals surface area contributed by atoms with E-state index in [2.05, 4.69) is 0 Å². The molecule has 0 radical (unpaired) electrons. The highest BCUT2D eigenvalue weighted by Gasteiger charge is 2.37. The molecule has 0 spiro atoms. The van der Waals surface area contributed by atoms with Gasteiger partial charge in [0, 0.05) is 18.1 Å². The first-order valence-electron chi connectivity index (χ1n) is 7.59. The summed E-state index contributed by atoms with van der Waals surface area (Å²) in [4.78, 5) is 12.7. The lowest BCUT2D eigenvalue weighted by Gasteiger charge is -2.24. The summed E-state index contributed by atoms with van der Waals surface area (Å²) in [6.45, 7) is 3.25. The highest BCUT2D eigenvalue weighted by molar-refractivity contribution is 5.95. The van der Waals surface area contributed by atoms with Crippen molar-refractivity contribution in [2.24, 2.45) is 0 Å². The van der Waals surface area contributed by atoms with Gasteiger partial charge in [0.25, 0.3) is 0 Å². The number of rotatable bonds is 1. The molecular weight excluding hydrogens is 312 g/mol. The maximum absolute atomic E-state index is 12.7. The number of hydrogen-bond acceptors (Lipinski definition) is 6. The molecule has 0 amide bonds. The maximum atomic E-state index is 12.7. The van der Waals surface area contributed by atoms with Gasteiger partial charge in [0.15, 0.2) is 0 Å². The molecule has 0 bridgehead atoms. The Bertz CT molecular complexity index is 1040. The van der Waals surface area contributed by atoms with E-state index in [0.717, 1.165) is 0 Å². The molecule has 1 unspecified atom stereocenters. The normalized spacial score (nSPS) is 17.2.